The van der Waals surface area contributed by atoms with Crippen molar-refractivity contribution in [2.45, 2.75) is 26.2 Å². The lowest BCUT2D eigenvalue weighted by molar-refractivity contribution is 0.102. The summed E-state index contributed by atoms with van der Waals surface area (Å²) < 4.78 is 15.9. The van der Waals surface area contributed by atoms with Crippen LogP contribution in [0, 0.1) is 0 Å². The highest BCUT2D eigenvalue weighted by Gasteiger charge is 2.15. The second-order valence-corrected chi connectivity index (χ2v) is 5.93. The van der Waals surface area contributed by atoms with Crippen LogP contribution in [0.4, 0.5) is 11.5 Å². The summed E-state index contributed by atoms with van der Waals surface area (Å²) in [5.41, 5.74) is 0.999. The maximum absolute atomic E-state index is 12.5. The number of unbranched alkanes of at least 4 members (excludes halogenated alkanes) is 2. The second-order valence-electron chi connectivity index (χ2n) is 5.93. The Morgan fingerprint density at radius 2 is 1.74 bits per heavy atom. The van der Waals surface area contributed by atoms with Gasteiger partial charge in [0, 0.05) is 30.6 Å². The van der Waals surface area contributed by atoms with Gasteiger partial charge in [0.05, 0.1) is 26.9 Å². The molecule has 2 aromatic rings. The molecule has 0 aliphatic carbocycles. The smallest absolute Gasteiger partial charge is 0.257 e. The summed E-state index contributed by atoms with van der Waals surface area (Å²) in [6, 6.07) is 6.89. The summed E-state index contributed by atoms with van der Waals surface area (Å²) in [6.07, 6.45) is 5.01. The number of hydrogen-bond acceptors (Lipinski definition) is 6. The van der Waals surface area contributed by atoms with Crippen molar-refractivity contribution in [2.24, 2.45) is 0 Å². The van der Waals surface area contributed by atoms with Gasteiger partial charge in [-0.1, -0.05) is 19.8 Å². The van der Waals surface area contributed by atoms with Gasteiger partial charge in [0.15, 0.2) is 11.5 Å². The SMILES string of the molecule is CCCCCNc1ccc(C(=O)Nc2cc(OC)c(OC)c(OC)c2)cn1. The minimum atomic E-state index is -0.269. The van der Waals surface area contributed by atoms with Crippen LogP contribution in [0.1, 0.15) is 36.5 Å². The van der Waals surface area contributed by atoms with Gasteiger partial charge in [0.1, 0.15) is 5.82 Å². The highest BCUT2D eigenvalue weighted by Crippen LogP contribution is 2.40. The van der Waals surface area contributed by atoms with Crippen LogP contribution in [0.3, 0.4) is 0 Å². The summed E-state index contributed by atoms with van der Waals surface area (Å²) >= 11 is 0. The van der Waals surface area contributed by atoms with E-state index in [4.69, 9.17) is 14.2 Å². The Morgan fingerprint density at radius 3 is 2.26 bits per heavy atom. The predicted molar refractivity (Wildman–Crippen MR) is 106 cm³/mol. The molecule has 0 aliphatic rings. The second kappa shape index (κ2) is 10.3. The monoisotopic (exact) mass is 373 g/mol. The number of ether oxygens (including phenoxy) is 3. The van der Waals surface area contributed by atoms with Crippen LogP contribution in [0.15, 0.2) is 30.5 Å². The molecule has 0 unspecified atom stereocenters. The molecule has 7 nitrogen and oxygen atoms in total. The van der Waals surface area contributed by atoms with E-state index in [0.717, 1.165) is 18.8 Å². The Kier molecular flexibility index (Phi) is 7.73. The highest BCUT2D eigenvalue weighted by molar-refractivity contribution is 6.04. The third-order valence-corrected chi connectivity index (χ3v) is 4.03. The number of anilines is 2. The third-order valence-electron chi connectivity index (χ3n) is 4.03. The zero-order valence-electron chi connectivity index (χ0n) is 16.3. The summed E-state index contributed by atoms with van der Waals surface area (Å²) in [5.74, 6) is 1.90. The zero-order chi connectivity index (χ0) is 19.6. The summed E-state index contributed by atoms with van der Waals surface area (Å²) in [6.45, 7) is 3.04. The van der Waals surface area contributed by atoms with Crippen molar-refractivity contribution in [1.82, 2.24) is 4.98 Å². The fraction of sp³-hybridized carbons (Fsp3) is 0.400. The summed E-state index contributed by atoms with van der Waals surface area (Å²) in [5, 5.41) is 6.07. The molecule has 1 heterocycles. The molecule has 1 amide bonds. The third kappa shape index (κ3) is 5.51. The first-order valence-electron chi connectivity index (χ1n) is 8.94. The molecule has 2 rings (SSSR count). The number of nitrogens with zero attached hydrogens (tertiary/aromatic N) is 1. The number of hydrogen-bond donors (Lipinski definition) is 2. The van der Waals surface area contributed by atoms with E-state index in [2.05, 4.69) is 22.5 Å². The highest BCUT2D eigenvalue weighted by atomic mass is 16.5. The first-order valence-corrected chi connectivity index (χ1v) is 8.94. The average molecular weight is 373 g/mol. The Balaban J connectivity index is 2.06. The minimum Gasteiger partial charge on any atom is -0.493 e. The minimum absolute atomic E-state index is 0.269. The van der Waals surface area contributed by atoms with E-state index in [9.17, 15) is 4.79 Å². The topological polar surface area (TPSA) is 81.7 Å². The van der Waals surface area contributed by atoms with Gasteiger partial charge in [-0.25, -0.2) is 4.98 Å². The van der Waals surface area contributed by atoms with E-state index >= 15 is 0 Å². The largest absolute Gasteiger partial charge is 0.493 e. The normalized spacial score (nSPS) is 10.2. The number of nitrogens with one attached hydrogen (secondary N) is 2. The van der Waals surface area contributed by atoms with Crippen LogP contribution >= 0.6 is 0 Å². The van der Waals surface area contributed by atoms with E-state index < -0.39 is 0 Å². The van der Waals surface area contributed by atoms with E-state index in [1.54, 1.807) is 30.5 Å². The molecule has 0 atom stereocenters. The number of amides is 1. The van der Waals surface area contributed by atoms with Gasteiger partial charge in [-0.2, -0.15) is 0 Å². The van der Waals surface area contributed by atoms with Crippen molar-refractivity contribution in [3.05, 3.63) is 36.0 Å². The molecule has 1 aromatic carbocycles. The number of pyridine rings is 1. The molecule has 146 valence electrons. The van der Waals surface area contributed by atoms with Crippen molar-refractivity contribution in [3.63, 3.8) is 0 Å². The Hall–Kier alpha value is -2.96. The maximum atomic E-state index is 12.5. The fourth-order valence-corrected chi connectivity index (χ4v) is 2.58. The number of rotatable bonds is 10. The fourth-order valence-electron chi connectivity index (χ4n) is 2.58. The lowest BCUT2D eigenvalue weighted by atomic mass is 10.2. The van der Waals surface area contributed by atoms with E-state index in [1.807, 2.05) is 0 Å². The molecule has 7 heteroatoms. The number of carbonyl (C=O) groups is 1. The lowest BCUT2D eigenvalue weighted by Crippen LogP contribution is -2.13. The number of carbonyl (C=O) groups excluding carboxylic acids is 1. The van der Waals surface area contributed by atoms with Crippen LogP contribution in [-0.4, -0.2) is 38.8 Å². The van der Waals surface area contributed by atoms with Gasteiger partial charge in [-0.3, -0.25) is 4.79 Å². The Bertz CT molecular complexity index is 722. The Morgan fingerprint density at radius 1 is 1.04 bits per heavy atom. The van der Waals surface area contributed by atoms with Crippen molar-refractivity contribution < 1.29 is 19.0 Å². The van der Waals surface area contributed by atoms with E-state index in [0.29, 0.717) is 28.5 Å². The van der Waals surface area contributed by atoms with Crippen LogP contribution in [0.25, 0.3) is 0 Å². The zero-order valence-corrected chi connectivity index (χ0v) is 16.3. The standard InChI is InChI=1S/C20H27N3O4/c1-5-6-7-10-21-18-9-8-14(13-22-18)20(24)23-15-11-16(25-2)19(27-4)17(12-15)26-3/h8-9,11-13H,5-7,10H2,1-4H3,(H,21,22)(H,23,24). The van der Waals surface area contributed by atoms with E-state index in [1.165, 1.54) is 34.2 Å². The molecular weight excluding hydrogens is 346 g/mol. The quantitative estimate of drug-likeness (QED) is 0.614. The van der Waals surface area contributed by atoms with Gasteiger partial charge in [-0.15, -0.1) is 0 Å². The molecular formula is C20H27N3O4. The molecule has 0 bridgehead atoms. The van der Waals surface area contributed by atoms with Gasteiger partial charge < -0.3 is 24.8 Å². The summed E-state index contributed by atoms with van der Waals surface area (Å²) in [7, 11) is 4.58. The maximum Gasteiger partial charge on any atom is 0.257 e. The average Bonchev–Trinajstić information content (AvgIpc) is 2.70. The van der Waals surface area contributed by atoms with E-state index in [-0.39, 0.29) is 5.91 Å². The first kappa shape index (κ1) is 20.4. The van der Waals surface area contributed by atoms with Crippen LogP contribution in [0.2, 0.25) is 0 Å². The number of methoxy groups -OCH3 is 3. The van der Waals surface area contributed by atoms with Gasteiger partial charge in [0.25, 0.3) is 5.91 Å². The van der Waals surface area contributed by atoms with Gasteiger partial charge in [-0.05, 0) is 18.6 Å². The van der Waals surface area contributed by atoms with Gasteiger partial charge in [0.2, 0.25) is 5.75 Å². The predicted octanol–water partition coefficient (Wildman–Crippen LogP) is 3.96. The van der Waals surface area contributed by atoms with Gasteiger partial charge >= 0.3 is 0 Å². The molecule has 0 aliphatic heterocycles. The molecule has 0 radical (unpaired) electrons. The van der Waals surface area contributed by atoms with Crippen molar-refractivity contribution in [3.8, 4) is 17.2 Å². The van der Waals surface area contributed by atoms with Crippen LogP contribution in [0.5, 0.6) is 17.2 Å². The first-order chi connectivity index (χ1) is 13.1. The molecule has 0 saturated carbocycles. The molecule has 1 aromatic heterocycles. The Labute approximate surface area is 160 Å². The van der Waals surface area contributed by atoms with Crippen molar-refractivity contribution in [1.29, 1.82) is 0 Å². The number of benzene rings is 1. The molecule has 27 heavy (non-hydrogen) atoms. The molecule has 2 N–H and O–H groups in total. The number of aromatic nitrogens is 1. The molecule has 0 spiro atoms. The molecule has 0 saturated heterocycles. The lowest BCUT2D eigenvalue weighted by Gasteiger charge is -2.14. The van der Waals surface area contributed by atoms with Crippen LogP contribution in [-0.2, 0) is 0 Å². The van der Waals surface area contributed by atoms with Crippen molar-refractivity contribution >= 4 is 17.4 Å². The summed E-state index contributed by atoms with van der Waals surface area (Å²) in [4.78, 5) is 16.8. The van der Waals surface area contributed by atoms with Crippen LogP contribution < -0.4 is 24.8 Å². The van der Waals surface area contributed by atoms with Crippen molar-refractivity contribution in [2.75, 3.05) is 38.5 Å². The molecule has 0 fully saturated rings.